The highest BCUT2D eigenvalue weighted by Gasteiger charge is 2.18. The molecule has 0 saturated heterocycles. The summed E-state index contributed by atoms with van der Waals surface area (Å²) in [5, 5.41) is 2.95. The fourth-order valence-electron chi connectivity index (χ4n) is 1.57. The summed E-state index contributed by atoms with van der Waals surface area (Å²) in [7, 11) is -0.377. The first-order valence-electron chi connectivity index (χ1n) is 6.12. The van der Waals surface area contributed by atoms with E-state index in [1.807, 2.05) is 0 Å². The van der Waals surface area contributed by atoms with Crippen LogP contribution in [0.3, 0.4) is 0 Å². The van der Waals surface area contributed by atoms with E-state index in [2.05, 4.69) is 26.0 Å². The van der Waals surface area contributed by atoms with E-state index in [9.17, 15) is 12.8 Å². The fraction of sp³-hybridized carbons (Fsp3) is 0.500. The zero-order valence-corrected chi connectivity index (χ0v) is 14.1. The van der Waals surface area contributed by atoms with Crippen LogP contribution in [-0.4, -0.2) is 39.9 Å². The van der Waals surface area contributed by atoms with Gasteiger partial charge in [-0.15, -0.1) is 0 Å². The minimum Gasteiger partial charge on any atom is -0.320 e. The molecule has 8 heteroatoms. The predicted molar refractivity (Wildman–Crippen MR) is 82.6 cm³/mol. The molecule has 0 amide bonds. The van der Waals surface area contributed by atoms with Crippen LogP contribution >= 0.6 is 15.9 Å². The highest BCUT2D eigenvalue weighted by molar-refractivity contribution is 9.10. The molecule has 0 bridgehead atoms. The smallest absolute Gasteiger partial charge is 0.301 e. The zero-order chi connectivity index (χ0) is 15.3. The maximum Gasteiger partial charge on any atom is 0.301 e. The molecular formula is C12H19BrFN3O2S. The van der Waals surface area contributed by atoms with Crippen LogP contribution in [0.4, 0.5) is 10.1 Å². The normalized spacial score (nSPS) is 11.9. The Kier molecular flexibility index (Phi) is 6.38. The van der Waals surface area contributed by atoms with E-state index in [1.165, 1.54) is 23.5 Å². The fourth-order valence-corrected chi connectivity index (χ4v) is 3.05. The van der Waals surface area contributed by atoms with Gasteiger partial charge in [-0.1, -0.05) is 0 Å². The van der Waals surface area contributed by atoms with Gasteiger partial charge in [-0.3, -0.25) is 4.72 Å². The van der Waals surface area contributed by atoms with Crippen LogP contribution < -0.4 is 10.0 Å². The van der Waals surface area contributed by atoms with E-state index >= 15 is 0 Å². The molecule has 20 heavy (non-hydrogen) atoms. The summed E-state index contributed by atoms with van der Waals surface area (Å²) in [5.74, 6) is -0.508. The maximum atomic E-state index is 13.5. The van der Waals surface area contributed by atoms with Gasteiger partial charge in [0.2, 0.25) is 0 Å². The molecule has 0 saturated carbocycles. The van der Waals surface area contributed by atoms with E-state index < -0.39 is 16.0 Å². The number of nitrogens with zero attached hydrogens (tertiary/aromatic N) is 1. The summed E-state index contributed by atoms with van der Waals surface area (Å²) in [5.41, 5.74) is 0.886. The molecule has 0 heterocycles. The van der Waals surface area contributed by atoms with Crippen molar-refractivity contribution < 1.29 is 12.8 Å². The number of hydrogen-bond donors (Lipinski definition) is 2. The molecule has 0 spiro atoms. The molecule has 0 radical (unpaired) electrons. The van der Waals surface area contributed by atoms with Crippen LogP contribution in [0.5, 0.6) is 0 Å². The lowest BCUT2D eigenvalue weighted by Gasteiger charge is -2.19. The summed E-state index contributed by atoms with van der Waals surface area (Å²) in [6.07, 6.45) is 0.696. The summed E-state index contributed by atoms with van der Waals surface area (Å²) >= 11 is 3.06. The van der Waals surface area contributed by atoms with Crippen LogP contribution in [0, 0.1) is 12.7 Å². The van der Waals surface area contributed by atoms with Gasteiger partial charge in [0, 0.05) is 13.6 Å². The maximum absolute atomic E-state index is 13.5. The average molecular weight is 368 g/mol. The highest BCUT2D eigenvalue weighted by atomic mass is 79.9. The first kappa shape index (κ1) is 17.4. The number of benzene rings is 1. The van der Waals surface area contributed by atoms with Gasteiger partial charge in [0.1, 0.15) is 5.82 Å². The number of anilines is 1. The van der Waals surface area contributed by atoms with Crippen LogP contribution in [-0.2, 0) is 10.2 Å². The molecule has 5 nitrogen and oxygen atoms in total. The molecule has 0 aromatic heterocycles. The first-order valence-corrected chi connectivity index (χ1v) is 8.35. The SMILES string of the molecule is CNCCCN(C)S(=O)(=O)Nc1cc(F)c(Br)cc1C. The van der Waals surface area contributed by atoms with Crippen molar-refractivity contribution in [3.05, 3.63) is 28.0 Å². The van der Waals surface area contributed by atoms with E-state index in [0.29, 0.717) is 23.0 Å². The Hall–Kier alpha value is -0.700. The third-order valence-electron chi connectivity index (χ3n) is 2.82. The van der Waals surface area contributed by atoms with Gasteiger partial charge in [0.15, 0.2) is 0 Å². The predicted octanol–water partition coefficient (Wildman–Crippen LogP) is 2.09. The Balaban J connectivity index is 2.83. The largest absolute Gasteiger partial charge is 0.320 e. The second-order valence-corrected chi connectivity index (χ2v) is 7.10. The lowest BCUT2D eigenvalue weighted by Crippen LogP contribution is -2.34. The third-order valence-corrected chi connectivity index (χ3v) is 4.91. The minimum absolute atomic E-state index is 0.242. The van der Waals surface area contributed by atoms with E-state index in [-0.39, 0.29) is 5.69 Å². The molecule has 0 fully saturated rings. The lowest BCUT2D eigenvalue weighted by molar-refractivity contribution is 0.462. The van der Waals surface area contributed by atoms with Gasteiger partial charge in [0.05, 0.1) is 10.2 Å². The van der Waals surface area contributed by atoms with Crippen LogP contribution in [0.15, 0.2) is 16.6 Å². The Morgan fingerprint density at radius 1 is 1.40 bits per heavy atom. The average Bonchev–Trinajstić information content (AvgIpc) is 2.35. The summed E-state index contributed by atoms with van der Waals surface area (Å²) in [4.78, 5) is 0. The molecule has 2 N–H and O–H groups in total. The molecule has 1 aromatic rings. The van der Waals surface area contributed by atoms with Gasteiger partial charge < -0.3 is 5.32 Å². The van der Waals surface area contributed by atoms with E-state index in [0.717, 1.165) is 6.54 Å². The first-order chi connectivity index (χ1) is 9.27. The Labute approximate surface area is 127 Å². The molecule has 1 aromatic carbocycles. The van der Waals surface area contributed by atoms with Crippen molar-refractivity contribution in [1.82, 2.24) is 9.62 Å². The van der Waals surface area contributed by atoms with E-state index in [4.69, 9.17) is 0 Å². The van der Waals surface area contributed by atoms with Crippen molar-refractivity contribution in [3.8, 4) is 0 Å². The van der Waals surface area contributed by atoms with Crippen molar-refractivity contribution >= 4 is 31.8 Å². The topological polar surface area (TPSA) is 61.4 Å². The molecule has 0 aliphatic rings. The van der Waals surface area contributed by atoms with Gasteiger partial charge in [0.25, 0.3) is 0 Å². The third kappa shape index (κ3) is 4.69. The lowest BCUT2D eigenvalue weighted by atomic mass is 10.2. The van der Waals surface area contributed by atoms with Crippen LogP contribution in [0.25, 0.3) is 0 Å². The Bertz CT molecular complexity index is 566. The number of aryl methyl sites for hydroxylation is 1. The summed E-state index contributed by atoms with van der Waals surface area (Å²) in [6.45, 7) is 2.82. The number of halogens is 2. The molecular weight excluding hydrogens is 349 g/mol. The van der Waals surface area contributed by atoms with Crippen molar-refractivity contribution in [2.75, 3.05) is 31.9 Å². The van der Waals surface area contributed by atoms with Crippen molar-refractivity contribution in [3.63, 3.8) is 0 Å². The van der Waals surface area contributed by atoms with Gasteiger partial charge in [-0.05, 0) is 60.6 Å². The second-order valence-electron chi connectivity index (χ2n) is 4.47. The molecule has 1 rings (SSSR count). The number of nitrogens with one attached hydrogen (secondary N) is 2. The number of hydrogen-bond acceptors (Lipinski definition) is 3. The standard InChI is InChI=1S/C12H19BrFN3O2S/c1-9-7-10(13)11(14)8-12(9)16-20(18,19)17(3)6-4-5-15-2/h7-8,15-16H,4-6H2,1-3H3. The van der Waals surface area contributed by atoms with E-state index in [1.54, 1.807) is 14.0 Å². The summed E-state index contributed by atoms with van der Waals surface area (Å²) in [6, 6.07) is 2.70. The second kappa shape index (κ2) is 7.35. The molecule has 0 atom stereocenters. The zero-order valence-electron chi connectivity index (χ0n) is 11.7. The van der Waals surface area contributed by atoms with Crippen molar-refractivity contribution in [1.29, 1.82) is 0 Å². The Morgan fingerprint density at radius 3 is 2.65 bits per heavy atom. The van der Waals surface area contributed by atoms with Crippen molar-refractivity contribution in [2.24, 2.45) is 0 Å². The van der Waals surface area contributed by atoms with Gasteiger partial charge >= 0.3 is 10.2 Å². The van der Waals surface area contributed by atoms with Gasteiger partial charge in [-0.25, -0.2) is 4.39 Å². The van der Waals surface area contributed by atoms with Gasteiger partial charge in [-0.2, -0.15) is 12.7 Å². The highest BCUT2D eigenvalue weighted by Crippen LogP contribution is 2.25. The van der Waals surface area contributed by atoms with Crippen LogP contribution in [0.1, 0.15) is 12.0 Å². The minimum atomic E-state index is -3.67. The monoisotopic (exact) mass is 367 g/mol. The molecule has 0 aliphatic heterocycles. The van der Waals surface area contributed by atoms with Crippen LogP contribution in [0.2, 0.25) is 0 Å². The quantitative estimate of drug-likeness (QED) is 0.725. The Morgan fingerprint density at radius 2 is 2.05 bits per heavy atom. The molecule has 114 valence electrons. The summed E-state index contributed by atoms with van der Waals surface area (Å²) < 4.78 is 41.6. The van der Waals surface area contributed by atoms with Crippen molar-refractivity contribution in [2.45, 2.75) is 13.3 Å². The molecule has 0 unspecified atom stereocenters. The molecule has 0 aliphatic carbocycles. The number of rotatable bonds is 7.